The smallest absolute Gasteiger partial charge is 0.234 e. The van der Waals surface area contributed by atoms with Gasteiger partial charge >= 0.3 is 0 Å². The average molecular weight is 289 g/mol. The van der Waals surface area contributed by atoms with Gasteiger partial charge in [-0.1, -0.05) is 18.2 Å². The number of piperazine rings is 1. The topological polar surface area (TPSA) is 35.6 Å². The Morgan fingerprint density at radius 2 is 1.76 bits per heavy atom. The molecule has 1 fully saturated rings. The molecule has 4 nitrogen and oxygen atoms in total. The Balaban J connectivity index is 1.84. The molecule has 0 radical (unpaired) electrons. The van der Waals surface area contributed by atoms with E-state index in [4.69, 9.17) is 0 Å². The third-order valence-corrected chi connectivity index (χ3v) is 3.71. The van der Waals surface area contributed by atoms with Gasteiger partial charge in [0, 0.05) is 37.4 Å². The first-order valence-corrected chi connectivity index (χ1v) is 7.69. The van der Waals surface area contributed by atoms with Crippen molar-refractivity contribution in [3.05, 3.63) is 29.8 Å². The van der Waals surface area contributed by atoms with Crippen molar-refractivity contribution >= 4 is 11.6 Å². The van der Waals surface area contributed by atoms with Crippen LogP contribution < -0.4 is 10.2 Å². The lowest BCUT2D eigenvalue weighted by Crippen LogP contribution is -2.51. The second kappa shape index (κ2) is 6.48. The molecule has 21 heavy (non-hydrogen) atoms. The van der Waals surface area contributed by atoms with Crippen LogP contribution in [-0.4, -0.2) is 49.1 Å². The van der Waals surface area contributed by atoms with Crippen LogP contribution in [0.2, 0.25) is 0 Å². The maximum atomic E-state index is 12.0. The fraction of sp³-hybridized carbons (Fsp3) is 0.588. The van der Waals surface area contributed by atoms with Gasteiger partial charge in [-0.3, -0.25) is 9.69 Å². The van der Waals surface area contributed by atoms with Gasteiger partial charge in [-0.15, -0.1) is 0 Å². The van der Waals surface area contributed by atoms with Gasteiger partial charge in [-0.25, -0.2) is 0 Å². The number of nitrogens with zero attached hydrogens (tertiary/aromatic N) is 2. The molecular formula is C17H27N3O. The van der Waals surface area contributed by atoms with Crippen LogP contribution in [0.25, 0.3) is 0 Å². The number of anilines is 1. The molecule has 116 valence electrons. The van der Waals surface area contributed by atoms with Crippen molar-refractivity contribution < 1.29 is 4.79 Å². The molecule has 0 atom stereocenters. The summed E-state index contributed by atoms with van der Waals surface area (Å²) in [4.78, 5) is 16.6. The molecule has 1 aliphatic heterocycles. The highest BCUT2D eigenvalue weighted by Gasteiger charge is 2.21. The Kier molecular flexibility index (Phi) is 4.88. The van der Waals surface area contributed by atoms with Crippen molar-refractivity contribution in [2.45, 2.75) is 33.2 Å². The van der Waals surface area contributed by atoms with Gasteiger partial charge in [-0.2, -0.15) is 0 Å². The molecule has 1 N–H and O–H groups in total. The van der Waals surface area contributed by atoms with Gasteiger partial charge in [-0.05, 0) is 39.3 Å². The highest BCUT2D eigenvalue weighted by Crippen LogP contribution is 2.20. The molecule has 1 amide bonds. The number of carbonyl (C=O) groups excluding carboxylic acids is 1. The van der Waals surface area contributed by atoms with Crippen molar-refractivity contribution in [3.8, 4) is 0 Å². The molecule has 0 saturated carbocycles. The second-order valence-corrected chi connectivity index (χ2v) is 6.85. The maximum absolute atomic E-state index is 12.0. The fourth-order valence-corrected chi connectivity index (χ4v) is 2.73. The highest BCUT2D eigenvalue weighted by molar-refractivity contribution is 5.78. The predicted molar refractivity (Wildman–Crippen MR) is 87.7 cm³/mol. The van der Waals surface area contributed by atoms with E-state index in [1.807, 2.05) is 20.8 Å². The fourth-order valence-electron chi connectivity index (χ4n) is 2.73. The van der Waals surface area contributed by atoms with Crippen molar-refractivity contribution in [2.24, 2.45) is 0 Å². The van der Waals surface area contributed by atoms with Gasteiger partial charge in [0.05, 0.1) is 6.54 Å². The number of amides is 1. The lowest BCUT2D eigenvalue weighted by Gasteiger charge is -2.36. The van der Waals surface area contributed by atoms with Crippen molar-refractivity contribution in [3.63, 3.8) is 0 Å². The van der Waals surface area contributed by atoms with Crippen LogP contribution in [0.5, 0.6) is 0 Å². The predicted octanol–water partition coefficient (Wildman–Crippen LogP) is 2.03. The van der Waals surface area contributed by atoms with E-state index in [1.165, 1.54) is 11.3 Å². The summed E-state index contributed by atoms with van der Waals surface area (Å²) in [5.74, 6) is 0.117. The Labute approximate surface area is 128 Å². The molecule has 4 heteroatoms. The van der Waals surface area contributed by atoms with Crippen molar-refractivity contribution in [1.82, 2.24) is 10.2 Å². The molecule has 0 aliphatic carbocycles. The third-order valence-electron chi connectivity index (χ3n) is 3.71. The molecule has 1 aromatic rings. The van der Waals surface area contributed by atoms with Crippen LogP contribution >= 0.6 is 0 Å². The molecule has 1 aromatic carbocycles. The van der Waals surface area contributed by atoms with Crippen molar-refractivity contribution in [1.29, 1.82) is 0 Å². The second-order valence-electron chi connectivity index (χ2n) is 6.85. The first kappa shape index (κ1) is 15.8. The van der Waals surface area contributed by atoms with Crippen LogP contribution in [-0.2, 0) is 4.79 Å². The normalized spacial score (nSPS) is 16.9. The monoisotopic (exact) mass is 289 g/mol. The van der Waals surface area contributed by atoms with Crippen molar-refractivity contribution in [2.75, 3.05) is 37.6 Å². The van der Waals surface area contributed by atoms with E-state index < -0.39 is 0 Å². The van der Waals surface area contributed by atoms with Crippen LogP contribution in [0.15, 0.2) is 24.3 Å². The Morgan fingerprint density at radius 3 is 2.33 bits per heavy atom. The summed E-state index contributed by atoms with van der Waals surface area (Å²) in [7, 11) is 0. The van der Waals surface area contributed by atoms with E-state index in [9.17, 15) is 4.79 Å². The summed E-state index contributed by atoms with van der Waals surface area (Å²) in [5.41, 5.74) is 2.48. The molecule has 1 aliphatic rings. The number of hydrogen-bond acceptors (Lipinski definition) is 3. The van der Waals surface area contributed by atoms with E-state index in [0.29, 0.717) is 6.54 Å². The van der Waals surface area contributed by atoms with Crippen LogP contribution in [0.1, 0.15) is 26.3 Å². The number of para-hydroxylation sites is 1. The molecule has 0 unspecified atom stereocenters. The van der Waals surface area contributed by atoms with E-state index in [0.717, 1.165) is 26.2 Å². The minimum Gasteiger partial charge on any atom is -0.369 e. The highest BCUT2D eigenvalue weighted by atomic mass is 16.2. The lowest BCUT2D eigenvalue weighted by molar-refractivity contribution is -0.123. The SMILES string of the molecule is Cc1ccccc1N1CCN(CC(=O)NC(C)(C)C)CC1. The summed E-state index contributed by atoms with van der Waals surface area (Å²) in [6, 6.07) is 8.49. The lowest BCUT2D eigenvalue weighted by atomic mass is 10.1. The molecule has 0 aromatic heterocycles. The summed E-state index contributed by atoms with van der Waals surface area (Å²) >= 11 is 0. The number of hydrogen-bond donors (Lipinski definition) is 1. The number of aryl methyl sites for hydroxylation is 1. The zero-order valence-electron chi connectivity index (χ0n) is 13.6. The maximum Gasteiger partial charge on any atom is 0.234 e. The van der Waals surface area contributed by atoms with Crippen LogP contribution in [0.3, 0.4) is 0 Å². The largest absolute Gasteiger partial charge is 0.369 e. The molecule has 1 saturated heterocycles. The number of carbonyl (C=O) groups is 1. The number of benzene rings is 1. The molecule has 2 rings (SSSR count). The summed E-state index contributed by atoms with van der Waals surface area (Å²) in [6.45, 7) is 12.5. The number of rotatable bonds is 3. The van der Waals surface area contributed by atoms with E-state index in [-0.39, 0.29) is 11.4 Å². The zero-order chi connectivity index (χ0) is 15.5. The van der Waals surface area contributed by atoms with Gasteiger partial charge in [0.2, 0.25) is 5.91 Å². The Bertz CT molecular complexity index is 485. The number of nitrogens with one attached hydrogen (secondary N) is 1. The van der Waals surface area contributed by atoms with E-state index in [1.54, 1.807) is 0 Å². The Morgan fingerprint density at radius 1 is 1.14 bits per heavy atom. The minimum absolute atomic E-state index is 0.117. The van der Waals surface area contributed by atoms with Gasteiger partial charge in [0.25, 0.3) is 0 Å². The molecule has 0 spiro atoms. The molecule has 0 bridgehead atoms. The minimum atomic E-state index is -0.153. The summed E-state index contributed by atoms with van der Waals surface area (Å²) in [6.07, 6.45) is 0. The van der Waals surface area contributed by atoms with Crippen LogP contribution in [0, 0.1) is 6.92 Å². The first-order chi connectivity index (χ1) is 9.85. The average Bonchev–Trinajstić information content (AvgIpc) is 2.38. The van der Waals surface area contributed by atoms with Crippen LogP contribution in [0.4, 0.5) is 5.69 Å². The molecule has 1 heterocycles. The summed E-state index contributed by atoms with van der Waals surface area (Å²) < 4.78 is 0. The van der Waals surface area contributed by atoms with Gasteiger partial charge in [0.1, 0.15) is 0 Å². The quantitative estimate of drug-likeness (QED) is 0.925. The van der Waals surface area contributed by atoms with Gasteiger partial charge in [0.15, 0.2) is 0 Å². The van der Waals surface area contributed by atoms with E-state index in [2.05, 4.69) is 46.3 Å². The Hall–Kier alpha value is -1.55. The first-order valence-electron chi connectivity index (χ1n) is 7.69. The standard InChI is InChI=1S/C17H27N3O/c1-14-7-5-6-8-15(14)20-11-9-19(10-12-20)13-16(21)18-17(2,3)4/h5-8H,9-13H2,1-4H3,(H,18,21). The van der Waals surface area contributed by atoms with E-state index >= 15 is 0 Å². The molecular weight excluding hydrogens is 262 g/mol. The van der Waals surface area contributed by atoms with Gasteiger partial charge < -0.3 is 10.2 Å². The third kappa shape index (κ3) is 4.74. The summed E-state index contributed by atoms with van der Waals surface area (Å²) in [5, 5.41) is 3.02. The zero-order valence-corrected chi connectivity index (χ0v) is 13.6.